The monoisotopic (exact) mass is 530 g/mol. The molecule has 0 radical (unpaired) electrons. The third kappa shape index (κ3) is 3.77. The van der Waals surface area contributed by atoms with Crippen molar-refractivity contribution in [3.8, 4) is 5.69 Å². The van der Waals surface area contributed by atoms with Gasteiger partial charge in [-0.05, 0) is 43.5 Å². The number of aryl methyl sites for hydroxylation is 1. The van der Waals surface area contributed by atoms with Crippen molar-refractivity contribution in [1.29, 1.82) is 0 Å². The number of benzene rings is 1. The maximum atomic E-state index is 13.1. The second-order valence-electron chi connectivity index (χ2n) is 11.0. The highest BCUT2D eigenvalue weighted by Crippen LogP contribution is 2.46. The van der Waals surface area contributed by atoms with E-state index in [0.717, 1.165) is 60.7 Å². The summed E-state index contributed by atoms with van der Waals surface area (Å²) in [6.45, 7) is 6.54. The van der Waals surface area contributed by atoms with Crippen LogP contribution in [0.3, 0.4) is 0 Å². The lowest BCUT2D eigenvalue weighted by Crippen LogP contribution is -2.73. The second-order valence-corrected chi connectivity index (χ2v) is 11.4. The van der Waals surface area contributed by atoms with Crippen LogP contribution in [0.15, 0.2) is 30.6 Å². The normalized spacial score (nSPS) is 24.6. The average molecular weight is 531 g/mol. The molecule has 1 aliphatic carbocycles. The molecule has 7 rings (SSSR count). The summed E-state index contributed by atoms with van der Waals surface area (Å²) >= 11 is 6.34. The number of nitrogens with zero attached hydrogens (tertiary/aromatic N) is 8. The first-order chi connectivity index (χ1) is 17.7. The van der Waals surface area contributed by atoms with Crippen LogP contribution < -0.4 is 9.80 Å². The molecule has 0 atom stereocenters. The van der Waals surface area contributed by atoms with Gasteiger partial charge in [-0.3, -0.25) is 14.5 Å². The van der Waals surface area contributed by atoms with Gasteiger partial charge in [-0.15, -0.1) is 10.2 Å². The van der Waals surface area contributed by atoms with Gasteiger partial charge in [0.25, 0.3) is 0 Å². The van der Waals surface area contributed by atoms with Crippen molar-refractivity contribution in [1.82, 2.24) is 29.6 Å². The van der Waals surface area contributed by atoms with Gasteiger partial charge in [0.1, 0.15) is 5.82 Å². The number of hydrogen-bond acceptors (Lipinski definition) is 7. The quantitative estimate of drug-likeness (QED) is 0.507. The Hall–Kier alpha value is -2.92. The van der Waals surface area contributed by atoms with Crippen molar-refractivity contribution in [3.63, 3.8) is 0 Å². The molecule has 194 valence electrons. The van der Waals surface area contributed by atoms with Crippen molar-refractivity contribution in [2.75, 3.05) is 36.0 Å². The summed E-state index contributed by atoms with van der Waals surface area (Å²) in [4.78, 5) is 15.5. The first-order valence-corrected chi connectivity index (χ1v) is 12.9. The lowest BCUT2D eigenvalue weighted by molar-refractivity contribution is -0.207. The number of alkyl halides is 3. The topological polar surface area (TPSA) is 66.2 Å². The fourth-order valence-corrected chi connectivity index (χ4v) is 6.55. The zero-order valence-electron chi connectivity index (χ0n) is 20.3. The van der Waals surface area contributed by atoms with E-state index in [1.807, 2.05) is 25.1 Å². The van der Waals surface area contributed by atoms with Crippen molar-refractivity contribution in [3.05, 3.63) is 52.7 Å². The van der Waals surface area contributed by atoms with E-state index in [4.69, 9.17) is 11.6 Å². The third-order valence-corrected chi connectivity index (χ3v) is 8.58. The Morgan fingerprint density at radius 2 is 1.70 bits per heavy atom. The number of halogens is 4. The minimum atomic E-state index is -4.13. The maximum Gasteiger partial charge on any atom is 0.391 e. The molecule has 12 heteroatoms. The SMILES string of the molecule is Cc1nccnc1N1CC2(C1)CN(c1nnc3n1-c1ccc(Cl)cc1CN(C1CC(C(F)(F)F)C1)C3)C2. The van der Waals surface area contributed by atoms with Crippen LogP contribution in [0.25, 0.3) is 5.69 Å². The summed E-state index contributed by atoms with van der Waals surface area (Å²) < 4.78 is 41.5. The molecular weight excluding hydrogens is 505 g/mol. The number of hydrogen-bond donors (Lipinski definition) is 0. The van der Waals surface area contributed by atoms with Crippen molar-refractivity contribution in [2.24, 2.45) is 11.3 Å². The summed E-state index contributed by atoms with van der Waals surface area (Å²) in [5.74, 6) is 1.25. The largest absolute Gasteiger partial charge is 0.391 e. The number of rotatable bonds is 3. The Labute approximate surface area is 217 Å². The second kappa shape index (κ2) is 8.04. The molecule has 3 fully saturated rings. The van der Waals surface area contributed by atoms with Gasteiger partial charge in [0, 0.05) is 61.6 Å². The van der Waals surface area contributed by atoms with Gasteiger partial charge in [-0.1, -0.05) is 11.6 Å². The van der Waals surface area contributed by atoms with E-state index in [1.54, 1.807) is 12.4 Å². The minimum Gasteiger partial charge on any atom is -0.354 e. The summed E-state index contributed by atoms with van der Waals surface area (Å²) in [5, 5.41) is 9.67. The molecule has 0 bridgehead atoms. The van der Waals surface area contributed by atoms with Crippen LogP contribution in [0.2, 0.25) is 5.02 Å². The lowest BCUT2D eigenvalue weighted by Gasteiger charge is -2.60. The smallest absolute Gasteiger partial charge is 0.354 e. The van der Waals surface area contributed by atoms with Gasteiger partial charge < -0.3 is 9.80 Å². The number of anilines is 2. The molecule has 2 saturated heterocycles. The third-order valence-electron chi connectivity index (χ3n) is 8.35. The zero-order chi connectivity index (χ0) is 25.5. The molecule has 1 saturated carbocycles. The average Bonchev–Trinajstić information content (AvgIpc) is 3.07. The van der Waals surface area contributed by atoms with Gasteiger partial charge in [-0.2, -0.15) is 13.2 Å². The van der Waals surface area contributed by atoms with Crippen molar-refractivity contribution in [2.45, 2.75) is 45.1 Å². The fraction of sp³-hybridized carbons (Fsp3) is 0.520. The van der Waals surface area contributed by atoms with E-state index in [1.165, 1.54) is 0 Å². The highest BCUT2D eigenvalue weighted by molar-refractivity contribution is 6.30. The molecule has 3 aliphatic heterocycles. The Balaban J connectivity index is 1.12. The van der Waals surface area contributed by atoms with Gasteiger partial charge in [0.15, 0.2) is 5.82 Å². The first kappa shape index (κ1) is 23.2. The van der Waals surface area contributed by atoms with E-state index in [-0.39, 0.29) is 24.3 Å². The molecule has 4 aliphatic rings. The van der Waals surface area contributed by atoms with Gasteiger partial charge in [0.2, 0.25) is 5.95 Å². The highest BCUT2D eigenvalue weighted by Gasteiger charge is 2.54. The Morgan fingerprint density at radius 3 is 2.43 bits per heavy atom. The molecule has 0 N–H and O–H groups in total. The van der Waals surface area contributed by atoms with E-state index < -0.39 is 12.1 Å². The van der Waals surface area contributed by atoms with Crippen LogP contribution in [0.4, 0.5) is 24.9 Å². The molecule has 37 heavy (non-hydrogen) atoms. The van der Waals surface area contributed by atoms with E-state index in [0.29, 0.717) is 18.1 Å². The van der Waals surface area contributed by atoms with Crippen LogP contribution in [0, 0.1) is 18.3 Å². The van der Waals surface area contributed by atoms with E-state index in [2.05, 4.69) is 39.4 Å². The van der Waals surface area contributed by atoms with Crippen LogP contribution in [-0.2, 0) is 13.1 Å². The molecule has 0 amide bonds. The molecule has 2 aromatic heterocycles. The summed E-state index contributed by atoms with van der Waals surface area (Å²) in [6, 6.07) is 5.58. The zero-order valence-corrected chi connectivity index (χ0v) is 21.0. The Bertz CT molecular complexity index is 1350. The molecule has 8 nitrogen and oxygen atoms in total. The standard InChI is InChI=1S/C25H26ClF3N8/c1-15-22(31-5-4-30-15)35-11-24(12-35)13-36(14-24)23-33-32-21-10-34(19-7-17(8-19)25(27,28)29)9-16-6-18(26)2-3-20(16)37(21)23/h2-6,17,19H,7-14H2,1H3. The van der Waals surface area contributed by atoms with Gasteiger partial charge in [0.05, 0.1) is 23.8 Å². The van der Waals surface area contributed by atoms with Crippen LogP contribution >= 0.6 is 11.6 Å². The molecule has 1 spiro atoms. The number of fused-ring (bicyclic) bond motifs is 3. The summed E-state index contributed by atoms with van der Waals surface area (Å²) in [6.07, 6.45) is -0.450. The van der Waals surface area contributed by atoms with E-state index >= 15 is 0 Å². The predicted molar refractivity (Wildman–Crippen MR) is 132 cm³/mol. The van der Waals surface area contributed by atoms with Crippen LogP contribution in [-0.4, -0.2) is 68.0 Å². The van der Waals surface area contributed by atoms with Gasteiger partial charge in [-0.25, -0.2) is 4.98 Å². The molecular formula is C25H26ClF3N8. The summed E-state index contributed by atoms with van der Waals surface area (Å²) in [5.41, 5.74) is 3.05. The highest BCUT2D eigenvalue weighted by atomic mass is 35.5. The van der Waals surface area contributed by atoms with Crippen LogP contribution in [0.1, 0.15) is 29.9 Å². The van der Waals surface area contributed by atoms with Crippen molar-refractivity contribution >= 4 is 23.4 Å². The Kier molecular flexibility index (Phi) is 5.04. The van der Waals surface area contributed by atoms with Crippen molar-refractivity contribution < 1.29 is 13.2 Å². The van der Waals surface area contributed by atoms with Gasteiger partial charge >= 0.3 is 6.18 Å². The summed E-state index contributed by atoms with van der Waals surface area (Å²) in [7, 11) is 0. The number of aromatic nitrogens is 5. The van der Waals surface area contributed by atoms with E-state index in [9.17, 15) is 13.2 Å². The predicted octanol–water partition coefficient (Wildman–Crippen LogP) is 4.00. The molecule has 3 aromatic rings. The van der Waals surface area contributed by atoms with Crippen LogP contribution in [0.5, 0.6) is 0 Å². The fourth-order valence-electron chi connectivity index (χ4n) is 6.36. The molecule has 0 unspecified atom stereocenters. The molecule has 5 heterocycles. The lowest BCUT2D eigenvalue weighted by atomic mass is 9.73. The first-order valence-electron chi connectivity index (χ1n) is 12.5. The molecule has 1 aromatic carbocycles. The maximum absolute atomic E-state index is 13.1. The minimum absolute atomic E-state index is 0.122. The Morgan fingerprint density at radius 1 is 0.973 bits per heavy atom.